The predicted octanol–water partition coefficient (Wildman–Crippen LogP) is 4.88. The van der Waals surface area contributed by atoms with Crippen LogP contribution in [0, 0.1) is 0 Å². The van der Waals surface area contributed by atoms with E-state index >= 15 is 0 Å². The fourth-order valence-electron chi connectivity index (χ4n) is 4.91. The van der Waals surface area contributed by atoms with Gasteiger partial charge in [0.2, 0.25) is 5.95 Å². The number of nitrogens with zero attached hydrogens (tertiary/aromatic N) is 4. The van der Waals surface area contributed by atoms with Crippen molar-refractivity contribution in [2.75, 3.05) is 11.5 Å². The van der Waals surface area contributed by atoms with Crippen LogP contribution in [0.5, 0.6) is 0 Å². The third-order valence-corrected chi connectivity index (χ3v) is 8.25. The Labute approximate surface area is 207 Å². The highest BCUT2D eigenvalue weighted by Gasteiger charge is 2.39. The van der Waals surface area contributed by atoms with Crippen molar-refractivity contribution in [2.24, 2.45) is 0 Å². The fraction of sp³-hybridized carbons (Fsp3) is 0.500. The number of anilines is 1. The summed E-state index contributed by atoms with van der Waals surface area (Å²) in [6, 6.07) is 7.84. The minimum atomic E-state index is -1.21. The van der Waals surface area contributed by atoms with Gasteiger partial charge in [0.25, 0.3) is 5.56 Å². The number of fused-ring (bicyclic) bond motifs is 2. The van der Waals surface area contributed by atoms with Gasteiger partial charge < -0.3 is 19.3 Å². The van der Waals surface area contributed by atoms with E-state index < -0.39 is 14.0 Å². The van der Waals surface area contributed by atoms with E-state index in [1.54, 1.807) is 28.8 Å². The van der Waals surface area contributed by atoms with E-state index in [1.165, 1.54) is 0 Å². The normalized spacial score (nSPS) is 15.3. The molecule has 9 heteroatoms. The number of aromatic nitrogens is 3. The van der Waals surface area contributed by atoms with Gasteiger partial charge in [-0.3, -0.25) is 9.36 Å². The lowest BCUT2D eigenvalue weighted by molar-refractivity contribution is 0.0697. The van der Waals surface area contributed by atoms with E-state index in [1.807, 2.05) is 10.8 Å². The van der Waals surface area contributed by atoms with Gasteiger partial charge in [-0.05, 0) is 51.9 Å². The van der Waals surface area contributed by atoms with Crippen molar-refractivity contribution in [3.05, 3.63) is 46.4 Å². The molecular weight excluding hydrogens is 460 g/mol. The minimum Gasteiger partial charge on any atom is -0.478 e. The van der Waals surface area contributed by atoms with Crippen LogP contribution in [-0.4, -0.2) is 51.5 Å². The van der Waals surface area contributed by atoms with Gasteiger partial charge in [-0.15, -0.1) is 0 Å². The van der Waals surface area contributed by atoms with Gasteiger partial charge in [0.15, 0.2) is 0 Å². The Kier molecular flexibility index (Phi) is 6.44. The number of carbonyl (C=O) groups is 1. The summed E-state index contributed by atoms with van der Waals surface area (Å²) in [5, 5.41) is 10.3. The first-order valence-electron chi connectivity index (χ1n) is 12.1. The van der Waals surface area contributed by atoms with Gasteiger partial charge in [0.1, 0.15) is 6.73 Å². The largest absolute Gasteiger partial charge is 0.478 e. The molecule has 2 aromatic heterocycles. The standard InChI is InChI=1S/C26H36N4O4Si/c1-17(2)30-25-27-21(13-23(31)29(25)15-26(30,3)4)20-14-28(16-34-10-11-35(5,6)7)22-9-8-18(24(32)33)12-19(20)22/h8-9,12-14,17H,10-11,15-16H2,1-7H3,(H,32,33). The van der Waals surface area contributed by atoms with E-state index in [-0.39, 0.29) is 22.7 Å². The van der Waals surface area contributed by atoms with E-state index in [4.69, 9.17) is 9.72 Å². The van der Waals surface area contributed by atoms with Gasteiger partial charge in [-0.25, -0.2) is 9.78 Å². The Morgan fingerprint density at radius 2 is 1.94 bits per heavy atom. The third kappa shape index (κ3) is 4.92. The topological polar surface area (TPSA) is 89.6 Å². The van der Waals surface area contributed by atoms with E-state index in [9.17, 15) is 14.7 Å². The summed E-state index contributed by atoms with van der Waals surface area (Å²) in [7, 11) is -1.21. The van der Waals surface area contributed by atoms with Crippen molar-refractivity contribution in [1.82, 2.24) is 14.1 Å². The third-order valence-electron chi connectivity index (χ3n) is 6.55. The molecule has 1 aliphatic heterocycles. The second kappa shape index (κ2) is 8.95. The van der Waals surface area contributed by atoms with Crippen LogP contribution < -0.4 is 10.5 Å². The molecule has 1 aromatic carbocycles. The number of rotatable bonds is 8. The summed E-state index contributed by atoms with van der Waals surface area (Å²) in [6.07, 6.45) is 1.92. The predicted molar refractivity (Wildman–Crippen MR) is 142 cm³/mol. The Bertz CT molecular complexity index is 1330. The van der Waals surface area contributed by atoms with Crippen LogP contribution in [0.3, 0.4) is 0 Å². The second-order valence-electron chi connectivity index (χ2n) is 11.5. The monoisotopic (exact) mass is 496 g/mol. The van der Waals surface area contributed by atoms with Crippen LogP contribution in [0.4, 0.5) is 5.95 Å². The summed E-state index contributed by atoms with van der Waals surface area (Å²) < 4.78 is 9.69. The molecule has 0 atom stereocenters. The Hall–Kier alpha value is -2.91. The van der Waals surface area contributed by atoms with Crippen LogP contribution in [0.2, 0.25) is 25.7 Å². The molecule has 35 heavy (non-hydrogen) atoms. The molecule has 1 N–H and O–H groups in total. The smallest absolute Gasteiger partial charge is 0.335 e. The Morgan fingerprint density at radius 1 is 1.23 bits per heavy atom. The summed E-state index contributed by atoms with van der Waals surface area (Å²) in [4.78, 5) is 32.0. The maximum Gasteiger partial charge on any atom is 0.335 e. The minimum absolute atomic E-state index is 0.108. The van der Waals surface area contributed by atoms with E-state index in [0.717, 1.165) is 22.5 Å². The van der Waals surface area contributed by atoms with Gasteiger partial charge >= 0.3 is 5.97 Å². The summed E-state index contributed by atoms with van der Waals surface area (Å²) in [6.45, 7) is 17.0. The first kappa shape index (κ1) is 25.2. The number of hydrogen-bond donors (Lipinski definition) is 1. The maximum atomic E-state index is 13.2. The van der Waals surface area contributed by atoms with Gasteiger partial charge in [0.05, 0.1) is 28.9 Å². The molecule has 4 rings (SSSR count). The molecule has 0 saturated carbocycles. The molecular formula is C26H36N4O4Si. The highest BCUT2D eigenvalue weighted by Crippen LogP contribution is 2.36. The molecule has 0 saturated heterocycles. The summed E-state index contributed by atoms with van der Waals surface area (Å²) >= 11 is 0. The molecule has 8 nitrogen and oxygen atoms in total. The Morgan fingerprint density at radius 3 is 2.57 bits per heavy atom. The second-order valence-corrected chi connectivity index (χ2v) is 17.2. The number of carboxylic acid groups (broad SMARTS) is 1. The van der Waals surface area contributed by atoms with E-state index in [2.05, 4.69) is 52.2 Å². The molecule has 0 amide bonds. The zero-order valence-corrected chi connectivity index (χ0v) is 22.8. The molecule has 0 spiro atoms. The maximum absolute atomic E-state index is 13.2. The number of carboxylic acids is 1. The van der Waals surface area contributed by atoms with Crippen LogP contribution in [0.15, 0.2) is 35.3 Å². The highest BCUT2D eigenvalue weighted by atomic mass is 28.3. The lowest BCUT2D eigenvalue weighted by atomic mass is 10.0. The molecule has 188 valence electrons. The van der Waals surface area contributed by atoms with Crippen LogP contribution in [0.1, 0.15) is 38.1 Å². The van der Waals surface area contributed by atoms with Crippen molar-refractivity contribution in [3.63, 3.8) is 0 Å². The number of hydrogen-bond acceptors (Lipinski definition) is 5. The van der Waals surface area contributed by atoms with Crippen LogP contribution >= 0.6 is 0 Å². The molecule has 1 aliphatic rings. The average molecular weight is 497 g/mol. The van der Waals surface area contributed by atoms with E-state index in [0.29, 0.717) is 31.5 Å². The van der Waals surface area contributed by atoms with Crippen molar-refractivity contribution in [2.45, 2.75) is 78.2 Å². The zero-order chi connectivity index (χ0) is 25.7. The molecule has 3 heterocycles. The number of ether oxygens (including phenoxy) is 1. The first-order chi connectivity index (χ1) is 16.3. The van der Waals surface area contributed by atoms with Gasteiger partial charge in [-0.2, -0.15) is 0 Å². The molecule has 0 fully saturated rings. The average Bonchev–Trinajstić information content (AvgIpc) is 3.24. The van der Waals surface area contributed by atoms with Gasteiger partial charge in [-0.1, -0.05) is 19.6 Å². The quantitative estimate of drug-likeness (QED) is 0.353. The Balaban J connectivity index is 1.81. The fourth-order valence-corrected chi connectivity index (χ4v) is 5.67. The van der Waals surface area contributed by atoms with Gasteiger partial charge in [0, 0.05) is 43.9 Å². The highest BCUT2D eigenvalue weighted by molar-refractivity contribution is 6.76. The number of benzene rings is 1. The number of aromatic carboxylic acids is 1. The molecule has 0 aliphatic carbocycles. The first-order valence-corrected chi connectivity index (χ1v) is 15.8. The zero-order valence-electron chi connectivity index (χ0n) is 21.8. The van der Waals surface area contributed by atoms with Crippen molar-refractivity contribution in [1.29, 1.82) is 0 Å². The van der Waals surface area contributed by atoms with Crippen molar-refractivity contribution in [3.8, 4) is 11.3 Å². The lowest BCUT2D eigenvalue weighted by Gasteiger charge is -2.35. The molecule has 0 bridgehead atoms. The van der Waals surface area contributed by atoms with Crippen LogP contribution in [-0.2, 0) is 18.0 Å². The lowest BCUT2D eigenvalue weighted by Crippen LogP contribution is -2.45. The van der Waals surface area contributed by atoms with Crippen LogP contribution in [0.25, 0.3) is 22.2 Å². The molecule has 0 unspecified atom stereocenters. The molecule has 3 aromatic rings. The summed E-state index contributed by atoms with van der Waals surface area (Å²) in [5.74, 6) is -0.346. The SMILES string of the molecule is CC(C)N1c2nc(-c3cn(COCC[Si](C)(C)C)c4ccc(C(=O)O)cc34)cc(=O)n2CC1(C)C. The van der Waals surface area contributed by atoms with Crippen molar-refractivity contribution < 1.29 is 14.6 Å². The molecule has 0 radical (unpaired) electrons. The summed E-state index contributed by atoms with van der Waals surface area (Å²) in [5.41, 5.74) is 1.97. The van der Waals surface area contributed by atoms with Crippen molar-refractivity contribution >= 4 is 30.9 Å².